The van der Waals surface area contributed by atoms with Gasteiger partial charge in [0.1, 0.15) is 11.7 Å². The highest BCUT2D eigenvalue weighted by Gasteiger charge is 2.60. The van der Waals surface area contributed by atoms with Gasteiger partial charge in [-0.3, -0.25) is 14.4 Å². The number of phenolic OH excluding ortho intramolecular Hbond substituents is 1. The maximum Gasteiger partial charge on any atom is 0.266 e. The third-order valence-corrected chi connectivity index (χ3v) is 5.95. The van der Waals surface area contributed by atoms with Crippen molar-refractivity contribution in [3.63, 3.8) is 0 Å². The number of fused-ring (bicyclic) bond motifs is 1. The molecule has 0 spiro atoms. The molecule has 2 fully saturated rings. The molecule has 0 aliphatic carbocycles. The summed E-state index contributed by atoms with van der Waals surface area (Å²) in [5, 5.41) is 11.6. The van der Waals surface area contributed by atoms with Crippen molar-refractivity contribution >= 4 is 39.1 Å². The molecule has 1 N–H and O–H groups in total. The van der Waals surface area contributed by atoms with Gasteiger partial charge >= 0.3 is 0 Å². The standard InChI is InChI=1S/C23H17BrN2O4/c24-15-9-11-16(12-10-15)25-22(28)19-20(14-5-4-8-18(27)13-14)26(30-21(19)23(25)29)17-6-2-1-3-7-17/h1-13,19-21,27H/t19-,20-,21-/m0/s1. The highest BCUT2D eigenvalue weighted by Crippen LogP contribution is 2.47. The summed E-state index contributed by atoms with van der Waals surface area (Å²) in [5.74, 6) is -1.36. The second kappa shape index (κ2) is 7.27. The summed E-state index contributed by atoms with van der Waals surface area (Å²) in [6.45, 7) is 0. The predicted molar refractivity (Wildman–Crippen MR) is 115 cm³/mol. The lowest BCUT2D eigenvalue weighted by Gasteiger charge is -2.28. The second-order valence-electron chi connectivity index (χ2n) is 7.24. The molecule has 150 valence electrons. The molecule has 30 heavy (non-hydrogen) atoms. The molecule has 0 aromatic heterocycles. The minimum atomic E-state index is -0.936. The lowest BCUT2D eigenvalue weighted by molar-refractivity contribution is -0.126. The Hall–Kier alpha value is -3.16. The van der Waals surface area contributed by atoms with Crippen LogP contribution in [0.25, 0.3) is 0 Å². The summed E-state index contributed by atoms with van der Waals surface area (Å²) < 4.78 is 0.856. The van der Waals surface area contributed by atoms with E-state index in [0.29, 0.717) is 11.3 Å². The van der Waals surface area contributed by atoms with Crippen molar-refractivity contribution in [2.24, 2.45) is 5.92 Å². The summed E-state index contributed by atoms with van der Waals surface area (Å²) in [5.41, 5.74) is 1.94. The summed E-state index contributed by atoms with van der Waals surface area (Å²) in [6, 6.07) is 22.5. The van der Waals surface area contributed by atoms with Crippen molar-refractivity contribution in [1.29, 1.82) is 0 Å². The Morgan fingerprint density at radius 2 is 1.57 bits per heavy atom. The number of hydrogen-bond acceptors (Lipinski definition) is 5. The van der Waals surface area contributed by atoms with Crippen molar-refractivity contribution in [2.75, 3.05) is 9.96 Å². The minimum Gasteiger partial charge on any atom is -0.508 e. The maximum atomic E-state index is 13.5. The van der Waals surface area contributed by atoms with Crippen LogP contribution in [0, 0.1) is 5.92 Å². The third-order valence-electron chi connectivity index (χ3n) is 5.42. The molecule has 3 aromatic carbocycles. The molecule has 7 heteroatoms. The Morgan fingerprint density at radius 3 is 2.27 bits per heavy atom. The van der Waals surface area contributed by atoms with E-state index in [9.17, 15) is 14.7 Å². The van der Waals surface area contributed by atoms with Crippen LogP contribution < -0.4 is 9.96 Å². The van der Waals surface area contributed by atoms with Gasteiger partial charge in [0.05, 0.1) is 17.4 Å². The highest BCUT2D eigenvalue weighted by molar-refractivity contribution is 9.10. The first-order chi connectivity index (χ1) is 14.5. The number of para-hydroxylation sites is 1. The summed E-state index contributed by atoms with van der Waals surface area (Å²) in [4.78, 5) is 33.9. The van der Waals surface area contributed by atoms with E-state index in [4.69, 9.17) is 4.84 Å². The van der Waals surface area contributed by atoms with Gasteiger partial charge in [-0.2, -0.15) is 0 Å². The topological polar surface area (TPSA) is 70.1 Å². The van der Waals surface area contributed by atoms with E-state index in [0.717, 1.165) is 10.2 Å². The molecule has 3 atom stereocenters. The van der Waals surface area contributed by atoms with E-state index >= 15 is 0 Å². The summed E-state index contributed by atoms with van der Waals surface area (Å²) >= 11 is 3.37. The molecule has 0 unspecified atom stereocenters. The summed E-state index contributed by atoms with van der Waals surface area (Å²) in [6.07, 6.45) is -0.936. The number of halogens is 1. The smallest absolute Gasteiger partial charge is 0.266 e. The number of amides is 2. The number of hydrogen-bond donors (Lipinski definition) is 1. The zero-order valence-electron chi connectivity index (χ0n) is 15.7. The van der Waals surface area contributed by atoms with Gasteiger partial charge in [0.2, 0.25) is 5.91 Å². The fourth-order valence-corrected chi connectivity index (χ4v) is 4.37. The second-order valence-corrected chi connectivity index (χ2v) is 8.16. The monoisotopic (exact) mass is 464 g/mol. The van der Waals surface area contributed by atoms with Gasteiger partial charge in [0, 0.05) is 4.47 Å². The Labute approximate surface area is 181 Å². The van der Waals surface area contributed by atoms with Gasteiger partial charge in [-0.05, 0) is 54.1 Å². The molecule has 2 saturated heterocycles. The number of nitrogens with zero attached hydrogens (tertiary/aromatic N) is 2. The van der Waals surface area contributed by atoms with Crippen molar-refractivity contribution in [3.8, 4) is 5.75 Å². The van der Waals surface area contributed by atoms with Gasteiger partial charge in [-0.1, -0.05) is 46.3 Å². The van der Waals surface area contributed by atoms with Crippen molar-refractivity contribution < 1.29 is 19.5 Å². The number of hydroxylamine groups is 1. The van der Waals surface area contributed by atoms with Crippen LogP contribution in [0.2, 0.25) is 0 Å². The van der Waals surface area contributed by atoms with Crippen LogP contribution >= 0.6 is 15.9 Å². The third kappa shape index (κ3) is 2.98. The minimum absolute atomic E-state index is 0.0884. The number of benzene rings is 3. The van der Waals surface area contributed by atoms with Crippen LogP contribution in [0.1, 0.15) is 11.6 Å². The average Bonchev–Trinajstić information content (AvgIpc) is 3.26. The average molecular weight is 465 g/mol. The number of imide groups is 1. The van der Waals surface area contributed by atoms with Crippen molar-refractivity contribution in [2.45, 2.75) is 12.1 Å². The van der Waals surface area contributed by atoms with E-state index in [-0.39, 0.29) is 11.7 Å². The van der Waals surface area contributed by atoms with E-state index in [1.54, 1.807) is 47.5 Å². The quantitative estimate of drug-likeness (QED) is 0.588. The molecule has 0 saturated carbocycles. The van der Waals surface area contributed by atoms with E-state index in [2.05, 4.69) is 15.9 Å². The predicted octanol–water partition coefficient (Wildman–Crippen LogP) is 4.21. The fourth-order valence-electron chi connectivity index (χ4n) is 4.11. The van der Waals surface area contributed by atoms with Gasteiger partial charge < -0.3 is 5.11 Å². The Balaban J connectivity index is 1.59. The van der Waals surface area contributed by atoms with Crippen LogP contribution in [-0.4, -0.2) is 23.0 Å². The van der Waals surface area contributed by atoms with Crippen LogP contribution in [0.3, 0.4) is 0 Å². The molecule has 2 amide bonds. The van der Waals surface area contributed by atoms with Crippen LogP contribution in [0.4, 0.5) is 11.4 Å². The molecular formula is C23H17BrN2O4. The molecule has 3 aromatic rings. The van der Waals surface area contributed by atoms with E-state index < -0.39 is 24.0 Å². The zero-order chi connectivity index (χ0) is 20.8. The van der Waals surface area contributed by atoms with E-state index in [1.807, 2.05) is 36.4 Å². The molecule has 2 aliphatic rings. The Morgan fingerprint density at radius 1 is 0.833 bits per heavy atom. The fraction of sp³-hybridized carbons (Fsp3) is 0.130. The molecule has 2 aliphatic heterocycles. The lowest BCUT2D eigenvalue weighted by Crippen LogP contribution is -2.37. The number of carbonyl (C=O) groups is 2. The van der Waals surface area contributed by atoms with Crippen LogP contribution in [-0.2, 0) is 14.4 Å². The number of carbonyl (C=O) groups excluding carboxylic acids is 2. The SMILES string of the molecule is O=C1[C@@H]2[C@H](ON(c3ccccc3)[C@H]2c2cccc(O)c2)C(=O)N1c1ccc(Br)cc1. The Bertz CT molecular complexity index is 1120. The lowest BCUT2D eigenvalue weighted by atomic mass is 9.90. The zero-order valence-corrected chi connectivity index (χ0v) is 17.3. The van der Waals surface area contributed by atoms with Crippen LogP contribution in [0.5, 0.6) is 5.75 Å². The molecule has 5 rings (SSSR count). The van der Waals surface area contributed by atoms with E-state index in [1.165, 1.54) is 4.90 Å². The molecule has 6 nitrogen and oxygen atoms in total. The Kier molecular flexibility index (Phi) is 4.56. The normalized spacial score (nSPS) is 23.2. The van der Waals surface area contributed by atoms with Gasteiger partial charge in [0.15, 0.2) is 6.10 Å². The van der Waals surface area contributed by atoms with Crippen molar-refractivity contribution in [3.05, 3.63) is 88.9 Å². The first kappa shape index (κ1) is 18.8. The number of anilines is 2. The molecule has 2 heterocycles. The number of rotatable bonds is 3. The maximum absolute atomic E-state index is 13.5. The molecule has 0 radical (unpaired) electrons. The first-order valence-corrected chi connectivity index (χ1v) is 10.3. The number of aromatic hydroxyl groups is 1. The first-order valence-electron chi connectivity index (χ1n) is 9.48. The van der Waals surface area contributed by atoms with Crippen LogP contribution in [0.15, 0.2) is 83.3 Å². The van der Waals surface area contributed by atoms with Gasteiger partial charge in [-0.25, -0.2) is 9.96 Å². The molecular weight excluding hydrogens is 448 g/mol. The van der Waals surface area contributed by atoms with Gasteiger partial charge in [-0.15, -0.1) is 0 Å². The largest absolute Gasteiger partial charge is 0.508 e. The van der Waals surface area contributed by atoms with Gasteiger partial charge in [0.25, 0.3) is 5.91 Å². The highest BCUT2D eigenvalue weighted by atomic mass is 79.9. The summed E-state index contributed by atoms with van der Waals surface area (Å²) in [7, 11) is 0. The number of phenols is 1. The van der Waals surface area contributed by atoms with Crippen molar-refractivity contribution in [1.82, 2.24) is 0 Å². The molecule has 0 bridgehead atoms.